The van der Waals surface area contributed by atoms with Gasteiger partial charge in [-0.15, -0.1) is 0 Å². The number of fused-ring (bicyclic) bond motifs is 1. The molecule has 1 N–H and O–H groups in total. The summed E-state index contributed by atoms with van der Waals surface area (Å²) in [4.78, 5) is 14.7. The third-order valence-corrected chi connectivity index (χ3v) is 7.01. The Morgan fingerprint density at radius 1 is 1.12 bits per heavy atom. The number of methoxy groups -OCH3 is 2. The lowest BCUT2D eigenvalue weighted by atomic mass is 9.88. The normalized spacial score (nSPS) is 32.7. The molecule has 3 aliphatic heterocycles. The van der Waals surface area contributed by atoms with Gasteiger partial charge in [-0.1, -0.05) is 30.3 Å². The maximum absolute atomic E-state index is 12.4. The van der Waals surface area contributed by atoms with Crippen LogP contribution in [0.3, 0.4) is 0 Å². The SMILES string of the molecule is CO[C@@H]1[C@H](OC)CO[C@@]2(CN3CCC(C)(NC(=O)OCc4ccccc4)CC3)OC(C)(C)O[C@@H]12. The number of carbonyl (C=O) groups excluding carboxylic acids is 1. The Labute approximate surface area is 202 Å². The molecule has 0 spiro atoms. The summed E-state index contributed by atoms with van der Waals surface area (Å²) in [6.07, 6.45) is 0.246. The van der Waals surface area contributed by atoms with Gasteiger partial charge in [-0.2, -0.15) is 0 Å². The summed E-state index contributed by atoms with van der Waals surface area (Å²) < 4.78 is 35.6. The molecule has 1 amide bonds. The number of piperidine rings is 1. The molecule has 4 rings (SSSR count). The van der Waals surface area contributed by atoms with Crippen LogP contribution in [0.15, 0.2) is 30.3 Å². The zero-order valence-electron chi connectivity index (χ0n) is 20.9. The van der Waals surface area contributed by atoms with Crippen LogP contribution < -0.4 is 5.32 Å². The Kier molecular flexibility index (Phi) is 7.52. The van der Waals surface area contributed by atoms with E-state index < -0.39 is 23.8 Å². The standard InChI is InChI=1S/C25H38N2O7/c1-23(2)33-21-20(30-5)19(29-4)16-32-25(21,34-23)17-27-13-11-24(3,12-14-27)26-22(28)31-15-18-9-7-6-8-10-18/h6-10,19-21H,11-17H2,1-5H3,(H,26,28)/t19-,20-,21+,25+/m1/s1. The van der Waals surface area contributed by atoms with E-state index in [1.165, 1.54) is 0 Å². The highest BCUT2D eigenvalue weighted by Gasteiger charge is 2.62. The van der Waals surface area contributed by atoms with Crippen molar-refractivity contribution in [2.45, 2.75) is 75.6 Å². The molecule has 9 nitrogen and oxygen atoms in total. The third kappa shape index (κ3) is 5.56. The van der Waals surface area contributed by atoms with E-state index in [0.717, 1.165) is 31.5 Å². The molecule has 190 valence electrons. The molecule has 3 fully saturated rings. The molecule has 9 heteroatoms. The van der Waals surface area contributed by atoms with Crippen LogP contribution >= 0.6 is 0 Å². The van der Waals surface area contributed by atoms with Crippen LogP contribution in [0.5, 0.6) is 0 Å². The summed E-state index contributed by atoms with van der Waals surface area (Å²) in [6.45, 7) is 8.58. The lowest BCUT2D eigenvalue weighted by molar-refractivity contribution is -0.302. The number of hydrogen-bond donors (Lipinski definition) is 1. The number of ether oxygens (including phenoxy) is 6. The van der Waals surface area contributed by atoms with Gasteiger partial charge in [-0.3, -0.25) is 4.90 Å². The van der Waals surface area contributed by atoms with Crippen molar-refractivity contribution in [2.75, 3.05) is 40.5 Å². The molecular formula is C25H38N2O7. The van der Waals surface area contributed by atoms with Crippen molar-refractivity contribution in [3.8, 4) is 0 Å². The zero-order valence-corrected chi connectivity index (χ0v) is 20.9. The number of benzene rings is 1. The summed E-state index contributed by atoms with van der Waals surface area (Å²) in [6, 6.07) is 9.67. The molecule has 0 radical (unpaired) electrons. The Morgan fingerprint density at radius 2 is 1.82 bits per heavy atom. The first-order valence-electron chi connectivity index (χ1n) is 12.0. The van der Waals surface area contributed by atoms with E-state index in [1.807, 2.05) is 44.2 Å². The first kappa shape index (κ1) is 25.3. The number of carbonyl (C=O) groups is 1. The molecule has 0 unspecified atom stereocenters. The second kappa shape index (κ2) is 10.1. The van der Waals surface area contributed by atoms with Gasteiger partial charge in [0.25, 0.3) is 0 Å². The Morgan fingerprint density at radius 3 is 2.47 bits per heavy atom. The molecule has 0 saturated carbocycles. The van der Waals surface area contributed by atoms with Crippen molar-refractivity contribution in [2.24, 2.45) is 0 Å². The number of rotatable bonds is 7. The van der Waals surface area contributed by atoms with Crippen molar-refractivity contribution in [3.63, 3.8) is 0 Å². The number of nitrogens with one attached hydrogen (secondary N) is 1. The van der Waals surface area contributed by atoms with Crippen molar-refractivity contribution < 1.29 is 33.2 Å². The summed E-state index contributed by atoms with van der Waals surface area (Å²) >= 11 is 0. The second-order valence-electron chi connectivity index (χ2n) is 10.2. The molecule has 0 aromatic heterocycles. The smallest absolute Gasteiger partial charge is 0.407 e. The van der Waals surface area contributed by atoms with Gasteiger partial charge in [0.2, 0.25) is 5.79 Å². The summed E-state index contributed by atoms with van der Waals surface area (Å²) in [5.41, 5.74) is 0.628. The van der Waals surface area contributed by atoms with Crippen molar-refractivity contribution in [1.82, 2.24) is 10.2 Å². The maximum Gasteiger partial charge on any atom is 0.407 e. The van der Waals surface area contributed by atoms with E-state index in [4.69, 9.17) is 28.4 Å². The van der Waals surface area contributed by atoms with E-state index in [-0.39, 0.29) is 24.4 Å². The van der Waals surface area contributed by atoms with Crippen LogP contribution in [0, 0.1) is 0 Å². The van der Waals surface area contributed by atoms with Gasteiger partial charge >= 0.3 is 6.09 Å². The highest BCUT2D eigenvalue weighted by Crippen LogP contribution is 2.44. The molecule has 0 aliphatic carbocycles. The highest BCUT2D eigenvalue weighted by molar-refractivity contribution is 5.68. The van der Waals surface area contributed by atoms with Gasteiger partial charge in [-0.05, 0) is 39.2 Å². The third-order valence-electron chi connectivity index (χ3n) is 7.01. The zero-order chi connectivity index (χ0) is 24.4. The maximum atomic E-state index is 12.4. The molecule has 1 aromatic rings. The second-order valence-corrected chi connectivity index (χ2v) is 10.2. The van der Waals surface area contributed by atoms with Gasteiger partial charge < -0.3 is 33.7 Å². The van der Waals surface area contributed by atoms with Gasteiger partial charge in [0.1, 0.15) is 24.9 Å². The first-order chi connectivity index (χ1) is 16.2. The quantitative estimate of drug-likeness (QED) is 0.640. The van der Waals surface area contributed by atoms with E-state index in [2.05, 4.69) is 17.1 Å². The molecule has 0 bridgehead atoms. The molecule has 34 heavy (non-hydrogen) atoms. The largest absolute Gasteiger partial charge is 0.445 e. The minimum Gasteiger partial charge on any atom is -0.445 e. The van der Waals surface area contributed by atoms with Gasteiger partial charge in [0.05, 0.1) is 13.2 Å². The average Bonchev–Trinajstić information content (AvgIpc) is 3.09. The molecular weight excluding hydrogens is 440 g/mol. The van der Waals surface area contributed by atoms with Crippen molar-refractivity contribution >= 4 is 6.09 Å². The predicted molar refractivity (Wildman–Crippen MR) is 124 cm³/mol. The fourth-order valence-corrected chi connectivity index (χ4v) is 5.13. The molecule has 3 aliphatic rings. The lowest BCUT2D eigenvalue weighted by Crippen LogP contribution is -2.65. The lowest BCUT2D eigenvalue weighted by Gasteiger charge is -2.47. The molecule has 3 saturated heterocycles. The first-order valence-corrected chi connectivity index (χ1v) is 12.0. The van der Waals surface area contributed by atoms with Crippen LogP contribution in [0.1, 0.15) is 39.2 Å². The fraction of sp³-hybridized carbons (Fsp3) is 0.720. The molecule has 1 aromatic carbocycles. The van der Waals surface area contributed by atoms with E-state index in [9.17, 15) is 4.79 Å². The van der Waals surface area contributed by atoms with Crippen LogP contribution in [-0.2, 0) is 35.0 Å². The Balaban J connectivity index is 1.33. The summed E-state index contributed by atoms with van der Waals surface area (Å²) in [7, 11) is 3.31. The summed E-state index contributed by atoms with van der Waals surface area (Å²) in [5.74, 6) is -1.73. The number of alkyl carbamates (subject to hydrolysis) is 1. The predicted octanol–water partition coefficient (Wildman–Crippen LogP) is 2.68. The Bertz CT molecular complexity index is 828. The molecule has 3 heterocycles. The van der Waals surface area contributed by atoms with Crippen LogP contribution in [0.2, 0.25) is 0 Å². The molecule has 4 atom stereocenters. The minimum atomic E-state index is -0.936. The number of hydrogen-bond acceptors (Lipinski definition) is 8. The number of amides is 1. The number of likely N-dealkylation sites (tertiary alicyclic amines) is 1. The topological polar surface area (TPSA) is 87.7 Å². The minimum absolute atomic E-state index is 0.226. The van der Waals surface area contributed by atoms with Gasteiger partial charge in [0, 0.05) is 32.8 Å². The van der Waals surface area contributed by atoms with E-state index in [0.29, 0.717) is 13.2 Å². The van der Waals surface area contributed by atoms with Crippen molar-refractivity contribution in [1.29, 1.82) is 0 Å². The van der Waals surface area contributed by atoms with Crippen LogP contribution in [-0.4, -0.2) is 86.9 Å². The van der Waals surface area contributed by atoms with Gasteiger partial charge in [0.15, 0.2) is 5.79 Å². The van der Waals surface area contributed by atoms with Gasteiger partial charge in [-0.25, -0.2) is 4.79 Å². The Hall–Kier alpha value is -1.75. The van der Waals surface area contributed by atoms with E-state index >= 15 is 0 Å². The average molecular weight is 479 g/mol. The number of nitrogens with zero attached hydrogens (tertiary/aromatic N) is 1. The highest BCUT2D eigenvalue weighted by atomic mass is 16.8. The van der Waals surface area contributed by atoms with Crippen LogP contribution in [0.25, 0.3) is 0 Å². The fourth-order valence-electron chi connectivity index (χ4n) is 5.13. The monoisotopic (exact) mass is 478 g/mol. The van der Waals surface area contributed by atoms with Crippen molar-refractivity contribution in [3.05, 3.63) is 35.9 Å². The van der Waals surface area contributed by atoms with Crippen LogP contribution in [0.4, 0.5) is 4.79 Å². The summed E-state index contributed by atoms with van der Waals surface area (Å²) in [5, 5.41) is 3.07. The van der Waals surface area contributed by atoms with E-state index in [1.54, 1.807) is 14.2 Å².